The zero-order chi connectivity index (χ0) is 14.2. The van der Waals surface area contributed by atoms with Crippen molar-refractivity contribution in [3.63, 3.8) is 0 Å². The van der Waals surface area contributed by atoms with E-state index < -0.39 is 5.79 Å². The lowest BCUT2D eigenvalue weighted by Crippen LogP contribution is -2.31. The molecule has 0 amide bonds. The van der Waals surface area contributed by atoms with Crippen molar-refractivity contribution in [1.82, 2.24) is 4.57 Å². The fourth-order valence-electron chi connectivity index (χ4n) is 2.34. The monoisotopic (exact) mass is 275 g/mol. The smallest absolute Gasteiger partial charge is 0.250 e. The van der Waals surface area contributed by atoms with Gasteiger partial charge in [0, 0.05) is 30.4 Å². The highest BCUT2D eigenvalue weighted by Gasteiger charge is 2.40. The van der Waals surface area contributed by atoms with Gasteiger partial charge in [-0.15, -0.1) is 0 Å². The van der Waals surface area contributed by atoms with Gasteiger partial charge >= 0.3 is 0 Å². The molecule has 0 unspecified atom stereocenters. The minimum absolute atomic E-state index is 0.150. The maximum atomic E-state index is 13.1. The Bertz CT molecular complexity index is 672. The maximum absolute atomic E-state index is 13.1. The molecular weight excluding hydrogens is 261 g/mol. The molecule has 1 aromatic heterocycles. The lowest BCUT2D eigenvalue weighted by Gasteiger charge is -2.28. The molecule has 3 rings (SSSR count). The first-order valence-corrected chi connectivity index (χ1v) is 6.33. The van der Waals surface area contributed by atoms with E-state index in [0.29, 0.717) is 24.3 Å². The van der Waals surface area contributed by atoms with Crippen molar-refractivity contribution in [2.75, 3.05) is 13.2 Å². The van der Waals surface area contributed by atoms with Crippen LogP contribution in [0.15, 0.2) is 47.4 Å². The summed E-state index contributed by atoms with van der Waals surface area (Å²) in [4.78, 5) is 11.8. The van der Waals surface area contributed by atoms with Gasteiger partial charge in [0.1, 0.15) is 5.82 Å². The summed E-state index contributed by atoms with van der Waals surface area (Å²) in [5.41, 5.74) is 1.14. The molecule has 0 saturated carbocycles. The molecule has 2 heterocycles. The lowest BCUT2D eigenvalue weighted by atomic mass is 9.98. The zero-order valence-electron chi connectivity index (χ0n) is 11.0. The van der Waals surface area contributed by atoms with Crippen LogP contribution in [0.4, 0.5) is 4.39 Å². The van der Waals surface area contributed by atoms with Gasteiger partial charge in [-0.05, 0) is 18.2 Å². The lowest BCUT2D eigenvalue weighted by molar-refractivity contribution is -0.130. The van der Waals surface area contributed by atoms with Crippen molar-refractivity contribution >= 4 is 0 Å². The molecule has 1 aliphatic heterocycles. The normalized spacial score (nSPS) is 17.3. The van der Waals surface area contributed by atoms with Gasteiger partial charge in [0.2, 0.25) is 5.79 Å². The van der Waals surface area contributed by atoms with Gasteiger partial charge < -0.3 is 14.0 Å². The predicted octanol–water partition coefficient (Wildman–Crippen LogP) is 1.77. The quantitative estimate of drug-likeness (QED) is 0.838. The molecule has 0 spiro atoms. The Morgan fingerprint density at radius 2 is 1.75 bits per heavy atom. The summed E-state index contributed by atoms with van der Waals surface area (Å²) < 4.78 is 26.1. The molecule has 0 radical (unpaired) electrons. The Labute approximate surface area is 115 Å². The van der Waals surface area contributed by atoms with Crippen LogP contribution in [-0.4, -0.2) is 17.8 Å². The third-order valence-corrected chi connectivity index (χ3v) is 3.40. The minimum atomic E-state index is -1.12. The summed E-state index contributed by atoms with van der Waals surface area (Å²) in [6, 6.07) is 9.17. The molecule has 0 bridgehead atoms. The van der Waals surface area contributed by atoms with E-state index in [1.54, 1.807) is 31.4 Å². The molecule has 4 nitrogen and oxygen atoms in total. The fraction of sp³-hybridized carbons (Fsp3) is 0.267. The molecule has 20 heavy (non-hydrogen) atoms. The standard InChI is InChI=1S/C15H14FNO3/c1-17-7-6-12(10-14(17)18)15(19-8-9-20-15)11-2-4-13(16)5-3-11/h2-7,10H,8-9H2,1H3. The average Bonchev–Trinajstić information content (AvgIpc) is 2.93. The highest BCUT2D eigenvalue weighted by Crippen LogP contribution is 2.37. The van der Waals surface area contributed by atoms with Crippen molar-refractivity contribution in [1.29, 1.82) is 0 Å². The van der Waals surface area contributed by atoms with Gasteiger partial charge in [0.15, 0.2) is 0 Å². The second-order valence-electron chi connectivity index (χ2n) is 4.68. The average molecular weight is 275 g/mol. The fourth-order valence-corrected chi connectivity index (χ4v) is 2.34. The third-order valence-electron chi connectivity index (χ3n) is 3.40. The van der Waals surface area contributed by atoms with Gasteiger partial charge in [-0.3, -0.25) is 4.79 Å². The number of benzene rings is 1. The molecule has 0 N–H and O–H groups in total. The van der Waals surface area contributed by atoms with Gasteiger partial charge in [-0.1, -0.05) is 12.1 Å². The van der Waals surface area contributed by atoms with Crippen molar-refractivity contribution in [3.8, 4) is 0 Å². The van der Waals surface area contributed by atoms with Crippen LogP contribution >= 0.6 is 0 Å². The Hall–Kier alpha value is -1.98. The zero-order valence-corrected chi connectivity index (χ0v) is 11.0. The summed E-state index contributed by atoms with van der Waals surface area (Å²) in [5, 5.41) is 0. The third kappa shape index (κ3) is 2.05. The summed E-state index contributed by atoms with van der Waals surface area (Å²) in [6.45, 7) is 0.846. The molecule has 1 aliphatic rings. The summed E-state index contributed by atoms with van der Waals surface area (Å²) in [5.74, 6) is -1.45. The summed E-state index contributed by atoms with van der Waals surface area (Å²) >= 11 is 0. The summed E-state index contributed by atoms with van der Waals surface area (Å²) in [6.07, 6.45) is 1.66. The Kier molecular flexibility index (Phi) is 3.16. The Balaban J connectivity index is 2.14. The van der Waals surface area contributed by atoms with Crippen molar-refractivity contribution in [2.45, 2.75) is 5.79 Å². The number of halogens is 1. The first-order chi connectivity index (χ1) is 9.62. The number of ether oxygens (including phenoxy) is 2. The SMILES string of the molecule is Cn1ccc(C2(c3ccc(F)cc3)OCCO2)cc1=O. The molecule has 5 heteroatoms. The molecule has 2 aromatic rings. The number of pyridine rings is 1. The van der Waals surface area contributed by atoms with Crippen LogP contribution in [0.2, 0.25) is 0 Å². The van der Waals surface area contributed by atoms with Crippen LogP contribution in [0.3, 0.4) is 0 Å². The van der Waals surface area contributed by atoms with Crippen molar-refractivity contribution < 1.29 is 13.9 Å². The van der Waals surface area contributed by atoms with E-state index >= 15 is 0 Å². The number of aryl methyl sites for hydroxylation is 1. The molecule has 1 saturated heterocycles. The molecular formula is C15H14FNO3. The van der Waals surface area contributed by atoms with Crippen LogP contribution in [-0.2, 0) is 22.3 Å². The van der Waals surface area contributed by atoms with E-state index in [2.05, 4.69) is 0 Å². The van der Waals surface area contributed by atoms with E-state index in [1.165, 1.54) is 22.8 Å². The Morgan fingerprint density at radius 1 is 1.10 bits per heavy atom. The number of nitrogens with zero attached hydrogens (tertiary/aromatic N) is 1. The van der Waals surface area contributed by atoms with E-state index in [4.69, 9.17) is 9.47 Å². The van der Waals surface area contributed by atoms with Crippen LogP contribution in [0.25, 0.3) is 0 Å². The number of aromatic nitrogens is 1. The van der Waals surface area contributed by atoms with E-state index in [1.807, 2.05) is 0 Å². The van der Waals surface area contributed by atoms with Gasteiger partial charge in [-0.2, -0.15) is 0 Å². The van der Waals surface area contributed by atoms with E-state index in [0.717, 1.165) is 0 Å². The minimum Gasteiger partial charge on any atom is -0.340 e. The highest BCUT2D eigenvalue weighted by atomic mass is 19.1. The van der Waals surface area contributed by atoms with Crippen LogP contribution < -0.4 is 5.56 Å². The topological polar surface area (TPSA) is 40.5 Å². The largest absolute Gasteiger partial charge is 0.340 e. The van der Waals surface area contributed by atoms with Gasteiger partial charge in [0.25, 0.3) is 5.56 Å². The second kappa shape index (κ2) is 4.85. The number of rotatable bonds is 2. The van der Waals surface area contributed by atoms with Crippen LogP contribution in [0, 0.1) is 5.82 Å². The van der Waals surface area contributed by atoms with Crippen LogP contribution in [0.1, 0.15) is 11.1 Å². The van der Waals surface area contributed by atoms with Gasteiger partial charge in [0.05, 0.1) is 13.2 Å². The second-order valence-corrected chi connectivity index (χ2v) is 4.68. The first kappa shape index (κ1) is 13.0. The molecule has 0 aliphatic carbocycles. The molecule has 0 atom stereocenters. The predicted molar refractivity (Wildman–Crippen MR) is 70.8 cm³/mol. The van der Waals surface area contributed by atoms with Crippen molar-refractivity contribution in [3.05, 3.63) is 69.9 Å². The molecule has 104 valence electrons. The van der Waals surface area contributed by atoms with Gasteiger partial charge in [-0.25, -0.2) is 4.39 Å². The number of hydrogen-bond donors (Lipinski definition) is 0. The van der Waals surface area contributed by atoms with E-state index in [9.17, 15) is 9.18 Å². The van der Waals surface area contributed by atoms with Crippen LogP contribution in [0.5, 0.6) is 0 Å². The number of hydrogen-bond acceptors (Lipinski definition) is 3. The molecule has 1 fully saturated rings. The molecule has 1 aromatic carbocycles. The van der Waals surface area contributed by atoms with E-state index in [-0.39, 0.29) is 11.4 Å². The maximum Gasteiger partial charge on any atom is 0.250 e. The summed E-state index contributed by atoms with van der Waals surface area (Å²) in [7, 11) is 1.67. The Morgan fingerprint density at radius 3 is 2.35 bits per heavy atom. The highest BCUT2D eigenvalue weighted by molar-refractivity contribution is 5.33. The first-order valence-electron chi connectivity index (χ1n) is 6.33. The van der Waals surface area contributed by atoms with Crippen molar-refractivity contribution in [2.24, 2.45) is 7.05 Å².